The number of aromatic carboxylic acids is 1. The molecule has 0 saturated heterocycles. The van der Waals surface area contributed by atoms with Gasteiger partial charge in [-0.25, -0.2) is 9.78 Å². The fourth-order valence-electron chi connectivity index (χ4n) is 1.95. The molecule has 1 aromatic carbocycles. The second-order valence-corrected chi connectivity index (χ2v) is 5.73. The molecule has 0 amide bonds. The number of halogens is 1. The molecule has 1 N–H and O–H groups in total. The number of hydrogen-bond donors (Lipinski definition) is 1. The van der Waals surface area contributed by atoms with Crippen molar-refractivity contribution in [3.8, 4) is 17.5 Å². The second-order valence-electron chi connectivity index (χ2n) is 5.73. The molecule has 0 aliphatic rings. The normalized spacial score (nSPS) is 9.54. The van der Waals surface area contributed by atoms with E-state index in [1.807, 2.05) is 0 Å². The number of nitrogens with zero attached hydrogens (tertiary/aromatic N) is 4. The summed E-state index contributed by atoms with van der Waals surface area (Å²) in [5, 5.41) is 17.1. The van der Waals surface area contributed by atoms with Crippen molar-refractivity contribution in [2.45, 2.75) is 19.8 Å². The molecule has 0 atom stereocenters. The molecule has 28 heavy (non-hydrogen) atoms. The van der Waals surface area contributed by atoms with E-state index < -0.39 is 11.8 Å². The predicted octanol–water partition coefficient (Wildman–Crippen LogP) is 3.86. The van der Waals surface area contributed by atoms with Gasteiger partial charge in [0.05, 0.1) is 17.7 Å². The van der Waals surface area contributed by atoms with Crippen LogP contribution in [0.15, 0.2) is 48.9 Å². The summed E-state index contributed by atoms with van der Waals surface area (Å²) in [6.07, 6.45) is 4.91. The van der Waals surface area contributed by atoms with Crippen LogP contribution in [0.25, 0.3) is 11.4 Å². The Morgan fingerprint density at radius 2 is 1.93 bits per heavy atom. The van der Waals surface area contributed by atoms with Crippen molar-refractivity contribution in [3.05, 3.63) is 77.6 Å². The minimum Gasteiger partial charge on any atom is -0.477 e. The Hall–Kier alpha value is -3.01. The van der Waals surface area contributed by atoms with Crippen LogP contribution in [-0.2, 0) is 20.1 Å². The molecule has 0 fully saturated rings. The second kappa shape index (κ2) is 11.0. The van der Waals surface area contributed by atoms with E-state index in [9.17, 15) is 9.18 Å². The van der Waals surface area contributed by atoms with Gasteiger partial charge < -0.3 is 5.11 Å². The van der Waals surface area contributed by atoms with Gasteiger partial charge >= 0.3 is 5.97 Å². The Kier molecular flexibility index (Phi) is 9.03. The van der Waals surface area contributed by atoms with Crippen LogP contribution >= 0.6 is 0 Å². The molecule has 0 unspecified atom stereocenters. The number of hydrogen-bond acceptors (Lipinski definition) is 5. The maximum atomic E-state index is 13.2. The van der Waals surface area contributed by atoms with E-state index in [0.29, 0.717) is 17.3 Å². The van der Waals surface area contributed by atoms with Crippen molar-refractivity contribution < 1.29 is 34.4 Å². The van der Waals surface area contributed by atoms with E-state index >= 15 is 0 Å². The topological polar surface area (TPSA) is 99.8 Å². The first kappa shape index (κ1) is 23.0. The quantitative estimate of drug-likeness (QED) is 0.493. The molecule has 6 nitrogen and oxygen atoms in total. The summed E-state index contributed by atoms with van der Waals surface area (Å²) in [6, 6.07) is 11.8. The third-order valence-electron chi connectivity index (χ3n) is 3.48. The van der Waals surface area contributed by atoms with E-state index in [4.69, 9.17) is 10.4 Å². The van der Waals surface area contributed by atoms with Gasteiger partial charge in [0, 0.05) is 44.3 Å². The number of carboxylic acid groups (broad SMARTS) is 1. The van der Waals surface area contributed by atoms with Gasteiger partial charge in [0.2, 0.25) is 0 Å². The molecular formula is C20H16FIrN4O2-. The summed E-state index contributed by atoms with van der Waals surface area (Å²) in [5.74, 6) is -0.780. The Balaban J connectivity index is 0.000000332. The van der Waals surface area contributed by atoms with Gasteiger partial charge in [0.15, 0.2) is 0 Å². The molecule has 0 spiro atoms. The van der Waals surface area contributed by atoms with Crippen LogP contribution in [0.4, 0.5) is 4.39 Å². The van der Waals surface area contributed by atoms with Gasteiger partial charge in [0.1, 0.15) is 5.69 Å². The van der Waals surface area contributed by atoms with E-state index in [0.717, 1.165) is 11.6 Å². The zero-order chi connectivity index (χ0) is 19.8. The average Bonchev–Trinajstić information content (AvgIpc) is 2.69. The van der Waals surface area contributed by atoms with Gasteiger partial charge in [0.25, 0.3) is 0 Å². The Morgan fingerprint density at radius 3 is 2.39 bits per heavy atom. The Labute approximate surface area is 175 Å². The molecule has 2 heterocycles. The summed E-state index contributed by atoms with van der Waals surface area (Å²) in [7, 11) is 0. The Bertz CT molecular complexity index is 958. The SMILES string of the molecule is CC(C)c1cnc(-c2[c-]cc(F)c(C#N)c2)nc1.O=C(O)c1ccccn1.[Ir]. The van der Waals surface area contributed by atoms with Crippen LogP contribution in [0.3, 0.4) is 0 Å². The van der Waals surface area contributed by atoms with Gasteiger partial charge in [-0.2, -0.15) is 5.26 Å². The van der Waals surface area contributed by atoms with Gasteiger partial charge in [-0.1, -0.05) is 19.9 Å². The number of benzene rings is 1. The standard InChI is InChI=1S/C14H11FN3.C6H5NO2.Ir/c1-9(2)12-7-17-14(18-8-12)10-3-4-13(15)11(5-10)6-16;8-6(9)5-3-1-2-4-7-5;/h4-5,7-9H,1-2H3;1-4H,(H,8,9);/q-1;;. The zero-order valence-electron chi connectivity index (χ0n) is 15.1. The van der Waals surface area contributed by atoms with Gasteiger partial charge in [-0.05, 0) is 23.6 Å². The van der Waals surface area contributed by atoms with Crippen LogP contribution in [0, 0.1) is 23.2 Å². The molecule has 0 bridgehead atoms. The molecule has 2 aromatic heterocycles. The van der Waals surface area contributed by atoms with Crippen LogP contribution in [0.2, 0.25) is 0 Å². The third kappa shape index (κ3) is 6.30. The summed E-state index contributed by atoms with van der Waals surface area (Å²) in [6.45, 7) is 4.10. The average molecular weight is 556 g/mol. The fraction of sp³-hybridized carbons (Fsp3) is 0.150. The van der Waals surface area contributed by atoms with Crippen molar-refractivity contribution in [3.63, 3.8) is 0 Å². The van der Waals surface area contributed by atoms with Gasteiger partial charge in [-0.15, -0.1) is 23.8 Å². The summed E-state index contributed by atoms with van der Waals surface area (Å²) in [4.78, 5) is 22.1. The van der Waals surface area contributed by atoms with Crippen LogP contribution in [-0.4, -0.2) is 26.0 Å². The molecule has 0 aliphatic heterocycles. The number of aromatic nitrogens is 3. The van der Waals surface area contributed by atoms with E-state index in [2.05, 4.69) is 34.9 Å². The van der Waals surface area contributed by atoms with Crippen molar-refractivity contribution in [2.24, 2.45) is 0 Å². The predicted molar refractivity (Wildman–Crippen MR) is 96.3 cm³/mol. The maximum Gasteiger partial charge on any atom is 0.354 e. The first-order chi connectivity index (χ1) is 12.9. The van der Waals surface area contributed by atoms with Crippen LogP contribution < -0.4 is 0 Å². The molecule has 0 aliphatic carbocycles. The number of carbonyl (C=O) groups is 1. The summed E-state index contributed by atoms with van der Waals surface area (Å²) < 4.78 is 13.2. The smallest absolute Gasteiger partial charge is 0.354 e. The molecule has 8 heteroatoms. The van der Waals surface area contributed by atoms with E-state index in [1.54, 1.807) is 30.6 Å². The minimum atomic E-state index is -0.990. The largest absolute Gasteiger partial charge is 0.477 e. The number of pyridine rings is 1. The molecular weight excluding hydrogens is 539 g/mol. The van der Waals surface area contributed by atoms with Gasteiger partial charge in [-0.3, -0.25) is 14.4 Å². The first-order valence-corrected chi connectivity index (χ1v) is 8.00. The van der Waals surface area contributed by atoms with E-state index in [-0.39, 0.29) is 31.4 Å². The van der Waals surface area contributed by atoms with Crippen molar-refractivity contribution in [1.82, 2.24) is 15.0 Å². The molecule has 3 aromatic rings. The molecule has 3 rings (SSSR count). The van der Waals surface area contributed by atoms with Crippen molar-refractivity contribution in [2.75, 3.05) is 0 Å². The fourth-order valence-corrected chi connectivity index (χ4v) is 1.95. The first-order valence-electron chi connectivity index (χ1n) is 8.00. The van der Waals surface area contributed by atoms with E-state index in [1.165, 1.54) is 18.3 Å². The van der Waals surface area contributed by atoms with Crippen molar-refractivity contribution >= 4 is 5.97 Å². The molecule has 0 saturated carbocycles. The minimum absolute atomic E-state index is 0. The molecule has 1 radical (unpaired) electrons. The Morgan fingerprint density at radius 1 is 1.25 bits per heavy atom. The number of nitriles is 1. The zero-order valence-corrected chi connectivity index (χ0v) is 17.4. The maximum absolute atomic E-state index is 13.2. The van der Waals surface area contributed by atoms with Crippen LogP contribution in [0.1, 0.15) is 41.4 Å². The number of carboxylic acids is 1. The monoisotopic (exact) mass is 556 g/mol. The summed E-state index contributed by atoms with van der Waals surface area (Å²) in [5.41, 5.74) is 1.60. The summed E-state index contributed by atoms with van der Waals surface area (Å²) >= 11 is 0. The van der Waals surface area contributed by atoms with Crippen LogP contribution in [0.5, 0.6) is 0 Å². The molecule has 145 valence electrons. The van der Waals surface area contributed by atoms with Crippen molar-refractivity contribution in [1.29, 1.82) is 5.26 Å². The number of rotatable bonds is 3. The third-order valence-corrected chi connectivity index (χ3v) is 3.48.